The molecular formula is C19H21Cl2N7O4S. The van der Waals surface area contributed by atoms with E-state index < -0.39 is 5.97 Å². The van der Waals surface area contributed by atoms with Crippen molar-refractivity contribution in [3.05, 3.63) is 32.5 Å². The predicted molar refractivity (Wildman–Crippen MR) is 124 cm³/mol. The number of anilines is 1. The molecule has 0 unspecified atom stereocenters. The molecule has 2 atom stereocenters. The summed E-state index contributed by atoms with van der Waals surface area (Å²) in [5, 5.41) is 21.5. The lowest BCUT2D eigenvalue weighted by Gasteiger charge is -2.37. The minimum absolute atomic E-state index is 0.0866. The predicted octanol–water partition coefficient (Wildman–Crippen LogP) is 2.60. The molecule has 0 aliphatic carbocycles. The van der Waals surface area contributed by atoms with Gasteiger partial charge in [0.2, 0.25) is 0 Å². The van der Waals surface area contributed by atoms with Gasteiger partial charge in [-0.1, -0.05) is 39.8 Å². The van der Waals surface area contributed by atoms with Gasteiger partial charge in [-0.2, -0.15) is 0 Å². The Hall–Kier alpha value is -2.67. The summed E-state index contributed by atoms with van der Waals surface area (Å²) in [5.74, 6) is -1.45. The van der Waals surface area contributed by atoms with Gasteiger partial charge in [-0.05, 0) is 13.3 Å². The standard InChI is InChI=1S/C19H21Cl2N7O4S/c1-8-12(20)13(21)15(22-8)17(29)23-9-4-5-28(7-11(9)32-3)19-24-14(16(33-19)18(30)31)10-6-27(2)26-25-10/h6,9,11,22H,4-5,7H2,1-3H3,(H,23,29)(H,30,31)/t9-,11+/m1/s1. The average Bonchev–Trinajstić information content (AvgIpc) is 3.48. The quantitative estimate of drug-likeness (QED) is 0.457. The lowest BCUT2D eigenvalue weighted by molar-refractivity contribution is 0.0540. The molecule has 0 aromatic carbocycles. The fourth-order valence-electron chi connectivity index (χ4n) is 3.68. The highest BCUT2D eigenvalue weighted by Gasteiger charge is 2.34. The maximum absolute atomic E-state index is 12.7. The molecule has 0 spiro atoms. The first kappa shape index (κ1) is 23.5. The SMILES string of the molecule is CO[C@H]1CN(c2nc(-c3cn(C)nn3)c(C(=O)O)s2)CC[C@H]1NC(=O)c1[nH]c(C)c(Cl)c1Cl. The molecule has 1 aliphatic rings. The zero-order valence-electron chi connectivity index (χ0n) is 17.9. The first-order valence-electron chi connectivity index (χ1n) is 9.92. The number of nitrogens with one attached hydrogen (secondary N) is 2. The fraction of sp³-hybridized carbons (Fsp3) is 0.421. The summed E-state index contributed by atoms with van der Waals surface area (Å²) in [6.45, 7) is 2.68. The number of rotatable bonds is 6. The molecule has 1 amide bonds. The van der Waals surface area contributed by atoms with E-state index >= 15 is 0 Å². The number of carboxylic acid groups (broad SMARTS) is 1. The van der Waals surface area contributed by atoms with Crippen LogP contribution in [0.5, 0.6) is 0 Å². The third-order valence-electron chi connectivity index (χ3n) is 5.39. The van der Waals surface area contributed by atoms with E-state index in [-0.39, 0.29) is 39.3 Å². The number of aromatic nitrogens is 5. The van der Waals surface area contributed by atoms with Crippen LogP contribution in [0.4, 0.5) is 5.13 Å². The monoisotopic (exact) mass is 513 g/mol. The number of hydrogen-bond donors (Lipinski definition) is 3. The maximum Gasteiger partial charge on any atom is 0.348 e. The molecule has 14 heteroatoms. The topological polar surface area (TPSA) is 138 Å². The van der Waals surface area contributed by atoms with Crippen molar-refractivity contribution in [3.63, 3.8) is 0 Å². The highest BCUT2D eigenvalue weighted by molar-refractivity contribution is 7.17. The molecule has 3 N–H and O–H groups in total. The van der Waals surface area contributed by atoms with Crippen LogP contribution in [0.3, 0.4) is 0 Å². The number of thiazole rings is 1. The van der Waals surface area contributed by atoms with E-state index in [4.69, 9.17) is 27.9 Å². The van der Waals surface area contributed by atoms with Crippen molar-refractivity contribution < 1.29 is 19.4 Å². The average molecular weight is 514 g/mol. The van der Waals surface area contributed by atoms with Gasteiger partial charge in [0.25, 0.3) is 5.91 Å². The van der Waals surface area contributed by atoms with Gasteiger partial charge < -0.3 is 25.0 Å². The second kappa shape index (κ2) is 9.29. The van der Waals surface area contributed by atoms with Crippen LogP contribution in [0.25, 0.3) is 11.4 Å². The van der Waals surface area contributed by atoms with Gasteiger partial charge in [0.1, 0.15) is 22.0 Å². The van der Waals surface area contributed by atoms with Crippen LogP contribution >= 0.6 is 34.5 Å². The number of H-pyrrole nitrogens is 1. The van der Waals surface area contributed by atoms with Crippen molar-refractivity contribution >= 4 is 51.5 Å². The number of carbonyl (C=O) groups excluding carboxylic acids is 1. The van der Waals surface area contributed by atoms with E-state index in [2.05, 4.69) is 25.6 Å². The molecule has 3 aromatic rings. The Bertz CT molecular complexity index is 1210. The number of carboxylic acids is 1. The number of ether oxygens (including phenoxy) is 1. The van der Waals surface area contributed by atoms with E-state index in [1.165, 1.54) is 4.68 Å². The number of aromatic carboxylic acids is 1. The highest BCUT2D eigenvalue weighted by atomic mass is 35.5. The van der Waals surface area contributed by atoms with Crippen LogP contribution in [0.1, 0.15) is 32.3 Å². The molecule has 0 saturated carbocycles. The highest BCUT2D eigenvalue weighted by Crippen LogP contribution is 2.34. The molecule has 1 fully saturated rings. The van der Waals surface area contributed by atoms with Crippen LogP contribution in [-0.4, -0.2) is 74.3 Å². The molecule has 176 valence electrons. The Morgan fingerprint density at radius 3 is 2.70 bits per heavy atom. The summed E-state index contributed by atoms with van der Waals surface area (Å²) in [6, 6.07) is -0.282. The maximum atomic E-state index is 12.7. The number of methoxy groups -OCH3 is 1. The molecule has 3 aromatic heterocycles. The van der Waals surface area contributed by atoms with Gasteiger partial charge in [-0.15, -0.1) is 5.10 Å². The normalized spacial score (nSPS) is 18.5. The summed E-state index contributed by atoms with van der Waals surface area (Å²) in [6.07, 6.45) is 1.81. The van der Waals surface area contributed by atoms with Crippen molar-refractivity contribution in [1.82, 2.24) is 30.3 Å². The van der Waals surface area contributed by atoms with Crippen LogP contribution in [-0.2, 0) is 11.8 Å². The van der Waals surface area contributed by atoms with Gasteiger partial charge in [0.15, 0.2) is 5.13 Å². The van der Waals surface area contributed by atoms with Crippen molar-refractivity contribution in [2.75, 3.05) is 25.1 Å². The molecular weight excluding hydrogens is 493 g/mol. The van der Waals surface area contributed by atoms with E-state index in [1.54, 1.807) is 27.3 Å². The summed E-state index contributed by atoms with van der Waals surface area (Å²) >= 11 is 13.3. The summed E-state index contributed by atoms with van der Waals surface area (Å²) in [7, 11) is 3.26. The molecule has 4 heterocycles. The number of aryl methyl sites for hydroxylation is 2. The van der Waals surface area contributed by atoms with Gasteiger partial charge in [0.05, 0.1) is 28.4 Å². The van der Waals surface area contributed by atoms with E-state index in [1.807, 2.05) is 4.90 Å². The van der Waals surface area contributed by atoms with Gasteiger partial charge in [0, 0.05) is 32.9 Å². The first-order valence-corrected chi connectivity index (χ1v) is 11.5. The number of amides is 1. The fourth-order valence-corrected chi connectivity index (χ4v) is 5.05. The number of aromatic amines is 1. The van der Waals surface area contributed by atoms with Crippen molar-refractivity contribution in [1.29, 1.82) is 0 Å². The number of nitrogens with zero attached hydrogens (tertiary/aromatic N) is 5. The summed E-state index contributed by atoms with van der Waals surface area (Å²) in [4.78, 5) is 34.0. The molecule has 0 radical (unpaired) electrons. The number of carbonyl (C=O) groups is 2. The molecule has 1 saturated heterocycles. The second-order valence-corrected chi connectivity index (χ2v) is 9.33. The lowest BCUT2D eigenvalue weighted by atomic mass is 10.0. The Labute approximate surface area is 202 Å². The Morgan fingerprint density at radius 2 is 2.12 bits per heavy atom. The second-order valence-electron chi connectivity index (χ2n) is 7.60. The zero-order chi connectivity index (χ0) is 23.9. The molecule has 33 heavy (non-hydrogen) atoms. The summed E-state index contributed by atoms with van der Waals surface area (Å²) in [5.41, 5.74) is 1.48. The Morgan fingerprint density at radius 1 is 1.36 bits per heavy atom. The zero-order valence-corrected chi connectivity index (χ0v) is 20.3. The largest absolute Gasteiger partial charge is 0.477 e. The number of piperidine rings is 1. The van der Waals surface area contributed by atoms with Crippen LogP contribution in [0, 0.1) is 6.92 Å². The van der Waals surface area contributed by atoms with Crippen LogP contribution < -0.4 is 10.2 Å². The molecule has 1 aliphatic heterocycles. The van der Waals surface area contributed by atoms with Crippen molar-refractivity contribution in [3.8, 4) is 11.4 Å². The minimum atomic E-state index is -1.08. The Kier molecular flexibility index (Phi) is 6.61. The van der Waals surface area contributed by atoms with Gasteiger partial charge in [-0.25, -0.2) is 9.78 Å². The minimum Gasteiger partial charge on any atom is -0.477 e. The first-order chi connectivity index (χ1) is 15.7. The van der Waals surface area contributed by atoms with Gasteiger partial charge in [-0.3, -0.25) is 9.48 Å². The van der Waals surface area contributed by atoms with Gasteiger partial charge >= 0.3 is 5.97 Å². The van der Waals surface area contributed by atoms with E-state index in [0.29, 0.717) is 41.1 Å². The van der Waals surface area contributed by atoms with Crippen LogP contribution in [0.15, 0.2) is 6.20 Å². The molecule has 0 bridgehead atoms. The third-order valence-corrected chi connectivity index (χ3v) is 7.44. The lowest BCUT2D eigenvalue weighted by Crippen LogP contribution is -2.55. The molecule has 11 nitrogen and oxygen atoms in total. The third kappa shape index (κ3) is 4.56. The smallest absolute Gasteiger partial charge is 0.348 e. The van der Waals surface area contributed by atoms with E-state index in [0.717, 1.165) is 11.3 Å². The number of halogens is 2. The van der Waals surface area contributed by atoms with E-state index in [9.17, 15) is 14.7 Å². The number of hydrogen-bond acceptors (Lipinski definition) is 8. The van der Waals surface area contributed by atoms with Crippen molar-refractivity contribution in [2.45, 2.75) is 25.5 Å². The van der Waals surface area contributed by atoms with Crippen molar-refractivity contribution in [2.24, 2.45) is 7.05 Å². The van der Waals surface area contributed by atoms with Crippen LogP contribution in [0.2, 0.25) is 10.0 Å². The Balaban J connectivity index is 1.51. The molecule has 4 rings (SSSR count). The summed E-state index contributed by atoms with van der Waals surface area (Å²) < 4.78 is 7.12.